The van der Waals surface area contributed by atoms with Gasteiger partial charge >= 0.3 is 0 Å². The van der Waals surface area contributed by atoms with E-state index in [-0.39, 0.29) is 23.0 Å². The van der Waals surface area contributed by atoms with Gasteiger partial charge in [-0.1, -0.05) is 20.8 Å². The molecule has 0 aliphatic rings. The van der Waals surface area contributed by atoms with Gasteiger partial charge in [-0.25, -0.2) is 4.39 Å². The highest BCUT2D eigenvalue weighted by atomic mass is 19.1. The van der Waals surface area contributed by atoms with Gasteiger partial charge in [-0.2, -0.15) is 0 Å². The molecule has 3 N–H and O–H groups in total. The first kappa shape index (κ1) is 22.9. The van der Waals surface area contributed by atoms with E-state index < -0.39 is 17.1 Å². The van der Waals surface area contributed by atoms with E-state index in [1.807, 2.05) is 0 Å². The number of ether oxygens (including phenoxy) is 1. The van der Waals surface area contributed by atoms with Crippen molar-refractivity contribution in [3.63, 3.8) is 0 Å². The van der Waals surface area contributed by atoms with Crippen molar-refractivity contribution in [2.75, 3.05) is 10.6 Å². The second-order valence-corrected chi connectivity index (χ2v) is 8.18. The van der Waals surface area contributed by atoms with Gasteiger partial charge in [-0.3, -0.25) is 9.59 Å². The Morgan fingerprint density at radius 2 is 1.63 bits per heavy atom. The summed E-state index contributed by atoms with van der Waals surface area (Å²) < 4.78 is 19.6. The van der Waals surface area contributed by atoms with Gasteiger partial charge in [-0.05, 0) is 56.2 Å². The van der Waals surface area contributed by atoms with Gasteiger partial charge in [0.25, 0.3) is 5.91 Å². The molecule has 0 fully saturated rings. The minimum atomic E-state index is -0.670. The van der Waals surface area contributed by atoms with Gasteiger partial charge in [0, 0.05) is 28.4 Å². The molecular formula is C23H27FN2O4. The fraction of sp³-hybridized carbons (Fsp3) is 0.304. The number of benzene rings is 2. The summed E-state index contributed by atoms with van der Waals surface area (Å²) in [7, 11) is 0. The van der Waals surface area contributed by atoms with Gasteiger partial charge in [0.2, 0.25) is 5.91 Å². The molecule has 0 saturated carbocycles. The lowest BCUT2D eigenvalue weighted by atomic mass is 9.95. The lowest BCUT2D eigenvalue weighted by Gasteiger charge is -2.17. The summed E-state index contributed by atoms with van der Waals surface area (Å²) in [6.07, 6.45) is 1.15. The molecule has 0 bridgehead atoms. The van der Waals surface area contributed by atoms with Crippen LogP contribution in [0.5, 0.6) is 11.5 Å². The van der Waals surface area contributed by atoms with Crippen LogP contribution in [0.1, 0.15) is 38.8 Å². The van der Waals surface area contributed by atoms with Crippen molar-refractivity contribution < 1.29 is 23.8 Å². The van der Waals surface area contributed by atoms with Gasteiger partial charge in [0.05, 0.1) is 6.26 Å². The van der Waals surface area contributed by atoms with E-state index in [1.54, 1.807) is 46.8 Å². The molecule has 2 rings (SSSR count). The summed E-state index contributed by atoms with van der Waals surface area (Å²) in [5.41, 5.74) is 1.76. The Bertz CT molecular complexity index is 984. The van der Waals surface area contributed by atoms with Crippen molar-refractivity contribution in [2.45, 2.75) is 41.5 Å². The Morgan fingerprint density at radius 1 is 1.03 bits per heavy atom. The van der Waals surface area contributed by atoms with Crippen LogP contribution in [0.25, 0.3) is 0 Å². The van der Waals surface area contributed by atoms with E-state index in [0.717, 1.165) is 12.3 Å². The first-order chi connectivity index (χ1) is 13.9. The van der Waals surface area contributed by atoms with Gasteiger partial charge < -0.3 is 20.5 Å². The number of phenols is 1. The highest BCUT2D eigenvalue weighted by molar-refractivity contribution is 6.03. The number of phenolic OH excluding ortho intramolecular Hbond substituents is 1. The number of amides is 2. The lowest BCUT2D eigenvalue weighted by Crippen LogP contribution is -2.27. The zero-order valence-corrected chi connectivity index (χ0v) is 18.0. The van der Waals surface area contributed by atoms with Crippen LogP contribution in [0.15, 0.2) is 42.2 Å². The summed E-state index contributed by atoms with van der Waals surface area (Å²) in [5.74, 6) is -1.22. The van der Waals surface area contributed by atoms with Gasteiger partial charge in [-0.15, -0.1) is 0 Å². The molecule has 0 aromatic heterocycles. The van der Waals surface area contributed by atoms with Crippen LogP contribution in [0, 0.1) is 25.1 Å². The van der Waals surface area contributed by atoms with Crippen molar-refractivity contribution in [1.29, 1.82) is 0 Å². The fourth-order valence-electron chi connectivity index (χ4n) is 2.46. The van der Waals surface area contributed by atoms with Crippen LogP contribution in [-0.4, -0.2) is 16.9 Å². The molecule has 0 radical (unpaired) electrons. The van der Waals surface area contributed by atoms with Crippen LogP contribution in [0.4, 0.5) is 15.8 Å². The number of hydrogen-bond donors (Lipinski definition) is 3. The molecule has 0 aliphatic heterocycles. The normalized spacial score (nSPS) is 11.8. The Kier molecular flexibility index (Phi) is 6.87. The molecule has 30 heavy (non-hydrogen) atoms. The number of nitrogens with one attached hydrogen (secondary N) is 2. The number of carbonyl (C=O) groups is 2. The average molecular weight is 414 g/mol. The highest BCUT2D eigenvalue weighted by Gasteiger charge is 2.21. The van der Waals surface area contributed by atoms with Gasteiger partial charge in [0.15, 0.2) is 11.6 Å². The molecule has 0 heterocycles. The van der Waals surface area contributed by atoms with Crippen molar-refractivity contribution in [3.8, 4) is 11.5 Å². The van der Waals surface area contributed by atoms with E-state index in [1.165, 1.54) is 19.1 Å². The number of halogens is 1. The SMILES string of the molecule is C/C(=C\Oc1ccc(NC(=O)C(C)(C)C)cc1F)C(=O)Nc1cc(C)c(O)c(C)c1. The predicted molar refractivity (Wildman–Crippen MR) is 115 cm³/mol. The van der Waals surface area contributed by atoms with E-state index >= 15 is 0 Å². The summed E-state index contributed by atoms with van der Waals surface area (Å²) in [6, 6.07) is 7.36. The third kappa shape index (κ3) is 5.83. The maximum Gasteiger partial charge on any atom is 0.254 e. The largest absolute Gasteiger partial charge is 0.507 e. The first-order valence-electron chi connectivity index (χ1n) is 9.44. The van der Waals surface area contributed by atoms with E-state index in [2.05, 4.69) is 10.6 Å². The highest BCUT2D eigenvalue weighted by Crippen LogP contribution is 2.26. The zero-order valence-electron chi connectivity index (χ0n) is 18.0. The Balaban J connectivity index is 2.05. The van der Waals surface area contributed by atoms with Gasteiger partial charge in [0.1, 0.15) is 5.75 Å². The molecule has 2 aromatic rings. The van der Waals surface area contributed by atoms with Crippen LogP contribution < -0.4 is 15.4 Å². The summed E-state index contributed by atoms with van der Waals surface area (Å²) in [4.78, 5) is 24.3. The van der Waals surface area contributed by atoms with Crippen LogP contribution in [0.2, 0.25) is 0 Å². The van der Waals surface area contributed by atoms with Crippen molar-refractivity contribution in [1.82, 2.24) is 0 Å². The number of anilines is 2. The fourth-order valence-corrected chi connectivity index (χ4v) is 2.46. The van der Waals surface area contributed by atoms with E-state index in [4.69, 9.17) is 4.74 Å². The Morgan fingerprint density at radius 3 is 2.17 bits per heavy atom. The topological polar surface area (TPSA) is 87.7 Å². The molecule has 0 aliphatic carbocycles. The van der Waals surface area contributed by atoms with Crippen LogP contribution in [-0.2, 0) is 9.59 Å². The molecule has 2 amide bonds. The Labute approximate surface area is 175 Å². The smallest absolute Gasteiger partial charge is 0.254 e. The summed E-state index contributed by atoms with van der Waals surface area (Å²) in [5, 5.41) is 15.2. The number of hydrogen-bond acceptors (Lipinski definition) is 4. The van der Waals surface area contributed by atoms with Crippen LogP contribution >= 0.6 is 0 Å². The monoisotopic (exact) mass is 414 g/mol. The molecule has 7 heteroatoms. The van der Waals surface area contributed by atoms with Crippen LogP contribution in [0.3, 0.4) is 0 Å². The maximum atomic E-state index is 14.3. The number of carbonyl (C=O) groups excluding carboxylic acids is 2. The molecular weight excluding hydrogens is 387 g/mol. The molecule has 0 atom stereocenters. The predicted octanol–water partition coefficient (Wildman–Crippen LogP) is 5.05. The maximum absolute atomic E-state index is 14.3. The lowest BCUT2D eigenvalue weighted by molar-refractivity contribution is -0.123. The summed E-state index contributed by atoms with van der Waals surface area (Å²) >= 11 is 0. The molecule has 0 saturated heterocycles. The average Bonchev–Trinajstić information content (AvgIpc) is 2.64. The second-order valence-electron chi connectivity index (χ2n) is 8.18. The number of aromatic hydroxyl groups is 1. The third-order valence-electron chi connectivity index (χ3n) is 4.34. The quantitative estimate of drug-likeness (QED) is 0.363. The molecule has 0 unspecified atom stereocenters. The van der Waals surface area contributed by atoms with Crippen molar-refractivity contribution in [2.24, 2.45) is 5.41 Å². The Hall–Kier alpha value is -3.35. The van der Waals surface area contributed by atoms with Crippen molar-refractivity contribution in [3.05, 3.63) is 59.1 Å². The standard InChI is InChI=1S/C23H27FN2O4/c1-13-9-17(10-14(2)20(13)27)25-21(28)15(3)12-30-19-8-7-16(11-18(19)24)26-22(29)23(4,5)6/h7-12,27H,1-6H3,(H,25,28)(H,26,29)/b15-12+. The van der Waals surface area contributed by atoms with Crippen molar-refractivity contribution >= 4 is 23.2 Å². The minimum absolute atomic E-state index is 0.0766. The molecule has 6 nitrogen and oxygen atoms in total. The first-order valence-corrected chi connectivity index (χ1v) is 9.44. The number of aryl methyl sites for hydroxylation is 2. The minimum Gasteiger partial charge on any atom is -0.507 e. The third-order valence-corrected chi connectivity index (χ3v) is 4.34. The summed E-state index contributed by atoms with van der Waals surface area (Å²) in [6.45, 7) is 10.3. The zero-order chi connectivity index (χ0) is 22.6. The second kappa shape index (κ2) is 8.98. The molecule has 160 valence electrons. The number of rotatable bonds is 5. The molecule has 0 spiro atoms. The van der Waals surface area contributed by atoms with E-state index in [0.29, 0.717) is 22.5 Å². The molecule has 2 aromatic carbocycles. The van der Waals surface area contributed by atoms with E-state index in [9.17, 15) is 19.1 Å².